The van der Waals surface area contributed by atoms with Gasteiger partial charge in [-0.2, -0.15) is 5.10 Å². The molecule has 0 radical (unpaired) electrons. The number of aromatic nitrogens is 5. The van der Waals surface area contributed by atoms with E-state index in [4.69, 9.17) is 4.98 Å². The van der Waals surface area contributed by atoms with Crippen LogP contribution in [0.1, 0.15) is 60.4 Å². The summed E-state index contributed by atoms with van der Waals surface area (Å²) in [6.07, 6.45) is 2.95. The predicted molar refractivity (Wildman–Crippen MR) is 115 cm³/mol. The molecule has 0 bridgehead atoms. The molecule has 1 aliphatic rings. The minimum Gasteiger partial charge on any atom is -0.342 e. The van der Waals surface area contributed by atoms with E-state index in [-0.39, 0.29) is 17.4 Å². The lowest BCUT2D eigenvalue weighted by atomic mass is 10.0. The van der Waals surface area contributed by atoms with Gasteiger partial charge in [0.2, 0.25) is 5.91 Å². The summed E-state index contributed by atoms with van der Waals surface area (Å²) in [5, 5.41) is 7.56. The van der Waals surface area contributed by atoms with Crippen LogP contribution in [0.3, 0.4) is 0 Å². The van der Waals surface area contributed by atoms with Crippen LogP contribution in [0.15, 0.2) is 16.9 Å². The number of fused-ring (bicyclic) bond motifs is 1. The zero-order valence-corrected chi connectivity index (χ0v) is 18.2. The molecule has 8 heteroatoms. The van der Waals surface area contributed by atoms with Gasteiger partial charge in [0.15, 0.2) is 5.65 Å². The molecule has 3 aromatic rings. The van der Waals surface area contributed by atoms with E-state index >= 15 is 0 Å². The number of aryl methyl sites for hydroxylation is 5. The first-order valence-electron chi connectivity index (χ1n) is 10.8. The molecule has 1 unspecified atom stereocenters. The summed E-state index contributed by atoms with van der Waals surface area (Å²) in [7, 11) is 0. The Balaban J connectivity index is 1.41. The summed E-state index contributed by atoms with van der Waals surface area (Å²) in [6.45, 7) is 10.2. The van der Waals surface area contributed by atoms with Gasteiger partial charge in [0.1, 0.15) is 0 Å². The molecule has 0 spiro atoms. The Morgan fingerprint density at radius 2 is 2.07 bits per heavy atom. The van der Waals surface area contributed by atoms with E-state index in [1.165, 1.54) is 4.52 Å². The lowest BCUT2D eigenvalue weighted by Gasteiger charge is -2.16. The Morgan fingerprint density at radius 3 is 2.77 bits per heavy atom. The molecule has 1 fully saturated rings. The van der Waals surface area contributed by atoms with Crippen molar-refractivity contribution >= 4 is 11.6 Å². The second-order valence-corrected chi connectivity index (χ2v) is 8.33. The van der Waals surface area contributed by atoms with Crippen molar-refractivity contribution in [2.75, 3.05) is 13.1 Å². The number of nitrogens with zero attached hydrogens (tertiary/aromatic N) is 5. The van der Waals surface area contributed by atoms with Gasteiger partial charge in [0.05, 0.1) is 11.4 Å². The number of aromatic amines is 1. The summed E-state index contributed by atoms with van der Waals surface area (Å²) in [5.74, 6) is 0.283. The smallest absolute Gasteiger partial charge is 0.272 e. The van der Waals surface area contributed by atoms with Crippen LogP contribution in [0.4, 0.5) is 0 Å². The molecule has 1 aliphatic heterocycles. The first-order valence-corrected chi connectivity index (χ1v) is 10.8. The monoisotopic (exact) mass is 410 g/mol. The summed E-state index contributed by atoms with van der Waals surface area (Å²) < 4.78 is 3.49. The number of H-pyrrole nitrogens is 1. The van der Waals surface area contributed by atoms with Crippen molar-refractivity contribution in [3.63, 3.8) is 0 Å². The number of carbonyl (C=O) groups excluding carboxylic acids is 1. The van der Waals surface area contributed by atoms with E-state index in [0.717, 1.165) is 60.7 Å². The first-order chi connectivity index (χ1) is 14.4. The van der Waals surface area contributed by atoms with Crippen LogP contribution >= 0.6 is 0 Å². The first kappa shape index (κ1) is 20.4. The Morgan fingerprint density at radius 1 is 1.27 bits per heavy atom. The van der Waals surface area contributed by atoms with Crippen LogP contribution < -0.4 is 5.56 Å². The van der Waals surface area contributed by atoms with Gasteiger partial charge in [-0.25, -0.2) is 9.50 Å². The van der Waals surface area contributed by atoms with Gasteiger partial charge < -0.3 is 4.90 Å². The quantitative estimate of drug-likeness (QED) is 0.676. The van der Waals surface area contributed by atoms with E-state index in [0.29, 0.717) is 18.6 Å². The van der Waals surface area contributed by atoms with Crippen LogP contribution in [0.2, 0.25) is 0 Å². The van der Waals surface area contributed by atoms with Crippen LogP contribution in [-0.4, -0.2) is 48.3 Å². The van der Waals surface area contributed by atoms with Crippen molar-refractivity contribution in [1.29, 1.82) is 0 Å². The van der Waals surface area contributed by atoms with E-state index in [1.807, 2.05) is 30.4 Å². The normalized spacial score (nSPS) is 16.7. The van der Waals surface area contributed by atoms with Crippen molar-refractivity contribution in [3.8, 4) is 0 Å². The third kappa shape index (κ3) is 3.78. The highest BCUT2D eigenvalue weighted by molar-refractivity contribution is 5.76. The number of hydrogen-bond acceptors (Lipinski definition) is 4. The van der Waals surface area contributed by atoms with Crippen molar-refractivity contribution in [3.05, 3.63) is 50.8 Å². The molecule has 3 aromatic heterocycles. The summed E-state index contributed by atoms with van der Waals surface area (Å²) in [6, 6.07) is 3.67. The van der Waals surface area contributed by atoms with Crippen LogP contribution in [0, 0.1) is 20.8 Å². The number of amides is 1. The number of rotatable bonds is 6. The largest absolute Gasteiger partial charge is 0.342 e. The molecule has 1 N–H and O–H groups in total. The van der Waals surface area contributed by atoms with Gasteiger partial charge >= 0.3 is 0 Å². The van der Waals surface area contributed by atoms with Gasteiger partial charge in [-0.15, -0.1) is 0 Å². The molecule has 4 heterocycles. The Bertz CT molecular complexity index is 1140. The number of likely N-dealkylation sites (tertiary alicyclic amines) is 1. The van der Waals surface area contributed by atoms with Crippen LogP contribution in [0.25, 0.3) is 5.65 Å². The molecule has 1 saturated heterocycles. The average molecular weight is 411 g/mol. The topological polar surface area (TPSA) is 88.3 Å². The van der Waals surface area contributed by atoms with Gasteiger partial charge in [0.25, 0.3) is 5.56 Å². The molecular formula is C22H30N6O2. The summed E-state index contributed by atoms with van der Waals surface area (Å²) in [4.78, 5) is 32.0. The maximum Gasteiger partial charge on any atom is 0.272 e. The fraction of sp³-hybridized carbons (Fsp3) is 0.545. The standard InChI is InChI=1S/C22H30N6O2/c1-5-18-16(4)25-28-21(30)12-19(23-22(18)28)17-8-10-26(13-17)20(29)7-6-9-27-15(3)11-14(2)24-27/h11-12,17,25H,5-10,13H2,1-4H3. The van der Waals surface area contributed by atoms with Crippen LogP contribution in [-0.2, 0) is 17.8 Å². The molecule has 4 rings (SSSR count). The van der Waals surface area contributed by atoms with E-state index in [9.17, 15) is 9.59 Å². The summed E-state index contributed by atoms with van der Waals surface area (Å²) in [5.41, 5.74) is 5.60. The fourth-order valence-electron chi connectivity index (χ4n) is 4.51. The molecule has 30 heavy (non-hydrogen) atoms. The third-order valence-electron chi connectivity index (χ3n) is 6.12. The maximum absolute atomic E-state index is 12.7. The van der Waals surface area contributed by atoms with Gasteiger partial charge in [-0.05, 0) is 46.1 Å². The molecule has 0 aromatic carbocycles. The van der Waals surface area contributed by atoms with Gasteiger partial charge in [0, 0.05) is 55.0 Å². The van der Waals surface area contributed by atoms with Crippen molar-refractivity contribution in [2.24, 2.45) is 0 Å². The molecule has 0 saturated carbocycles. The van der Waals surface area contributed by atoms with Crippen molar-refractivity contribution in [1.82, 2.24) is 29.3 Å². The number of hydrogen-bond donors (Lipinski definition) is 1. The average Bonchev–Trinajstić information content (AvgIpc) is 3.39. The third-order valence-corrected chi connectivity index (χ3v) is 6.12. The zero-order valence-electron chi connectivity index (χ0n) is 18.2. The van der Waals surface area contributed by atoms with Gasteiger partial charge in [-0.1, -0.05) is 6.92 Å². The summed E-state index contributed by atoms with van der Waals surface area (Å²) >= 11 is 0. The minimum absolute atomic E-state index is 0.0903. The molecule has 1 atom stereocenters. The lowest BCUT2D eigenvalue weighted by molar-refractivity contribution is -0.130. The highest BCUT2D eigenvalue weighted by Crippen LogP contribution is 2.27. The predicted octanol–water partition coefficient (Wildman–Crippen LogP) is 2.50. The van der Waals surface area contributed by atoms with Crippen molar-refractivity contribution < 1.29 is 4.79 Å². The van der Waals surface area contributed by atoms with Crippen LogP contribution in [0.5, 0.6) is 0 Å². The highest BCUT2D eigenvalue weighted by atomic mass is 16.2. The fourth-order valence-corrected chi connectivity index (χ4v) is 4.51. The molecular weight excluding hydrogens is 380 g/mol. The molecule has 0 aliphatic carbocycles. The van der Waals surface area contributed by atoms with E-state index in [1.54, 1.807) is 6.07 Å². The lowest BCUT2D eigenvalue weighted by Crippen LogP contribution is -2.28. The number of nitrogens with one attached hydrogen (secondary N) is 1. The SMILES string of the molecule is CCc1c(C)[nH]n2c(=O)cc(C3CCN(C(=O)CCCn4nc(C)cc4C)C3)nc12. The molecule has 160 valence electrons. The molecule has 1 amide bonds. The second kappa shape index (κ2) is 8.08. The second-order valence-electron chi connectivity index (χ2n) is 8.33. The minimum atomic E-state index is -0.0903. The Hall–Kier alpha value is -2.90. The maximum atomic E-state index is 12.7. The molecule has 8 nitrogen and oxygen atoms in total. The van der Waals surface area contributed by atoms with Gasteiger partial charge in [-0.3, -0.25) is 19.4 Å². The van der Waals surface area contributed by atoms with E-state index < -0.39 is 0 Å². The Labute approximate surface area is 175 Å². The highest BCUT2D eigenvalue weighted by Gasteiger charge is 2.29. The van der Waals surface area contributed by atoms with Crippen molar-refractivity contribution in [2.45, 2.75) is 65.8 Å². The number of carbonyl (C=O) groups is 1. The Kier molecular flexibility index (Phi) is 5.49. The zero-order chi connectivity index (χ0) is 21.4. The van der Waals surface area contributed by atoms with E-state index in [2.05, 4.69) is 23.2 Å².